The molecule has 0 aliphatic rings. The number of hydrogen-bond acceptors (Lipinski definition) is 4. The Morgan fingerprint density at radius 3 is 2.16 bits per heavy atom. The van der Waals surface area contributed by atoms with Crippen molar-refractivity contribution in [2.45, 2.75) is 31.7 Å². The molecule has 31 heavy (non-hydrogen) atoms. The Bertz CT molecular complexity index is 1170. The van der Waals surface area contributed by atoms with Gasteiger partial charge in [-0.25, -0.2) is 8.42 Å². The van der Waals surface area contributed by atoms with Gasteiger partial charge in [0.15, 0.2) is 0 Å². The highest BCUT2D eigenvalue weighted by atomic mass is 32.2. The van der Waals surface area contributed by atoms with Crippen molar-refractivity contribution in [2.24, 2.45) is 0 Å². The lowest BCUT2D eigenvalue weighted by molar-refractivity contribution is 0.0940. The van der Waals surface area contributed by atoms with Crippen LogP contribution in [0.25, 0.3) is 0 Å². The topological polar surface area (TPSA) is 84.5 Å². The number of sulfonamides is 1. The number of carbonyl (C=O) groups excluding carboxylic acids is 1. The summed E-state index contributed by atoms with van der Waals surface area (Å²) < 4.78 is 32.7. The molecule has 0 aliphatic carbocycles. The Labute approximate surface area is 183 Å². The molecule has 1 amide bonds. The van der Waals surface area contributed by atoms with Crippen LogP contribution in [0.5, 0.6) is 5.75 Å². The summed E-state index contributed by atoms with van der Waals surface area (Å²) in [6.45, 7) is 5.99. The van der Waals surface area contributed by atoms with Gasteiger partial charge in [-0.3, -0.25) is 9.52 Å². The minimum atomic E-state index is -3.74. The summed E-state index contributed by atoms with van der Waals surface area (Å²) in [4.78, 5) is 12.7. The third-order valence-electron chi connectivity index (χ3n) is 5.01. The van der Waals surface area contributed by atoms with Gasteiger partial charge < -0.3 is 10.1 Å². The molecule has 1 unspecified atom stereocenters. The van der Waals surface area contributed by atoms with Crippen LogP contribution in [-0.2, 0) is 10.0 Å². The standard InChI is InChI=1S/C24H26N2O4S/c1-16-5-14-23(17(2)15-16)18(3)25-24(27)19-6-8-20(9-7-19)26-31(28,29)22-12-10-21(30-4)11-13-22/h5-15,18,26H,1-4H3,(H,25,27). The number of aryl methyl sites for hydroxylation is 2. The second-order valence-corrected chi connectivity index (χ2v) is 9.10. The Morgan fingerprint density at radius 1 is 0.935 bits per heavy atom. The van der Waals surface area contributed by atoms with Crippen LogP contribution in [0.4, 0.5) is 5.69 Å². The summed E-state index contributed by atoms with van der Waals surface area (Å²) in [6.07, 6.45) is 0. The molecule has 0 heterocycles. The number of hydrogen-bond donors (Lipinski definition) is 2. The summed E-state index contributed by atoms with van der Waals surface area (Å²) in [7, 11) is -2.22. The lowest BCUT2D eigenvalue weighted by Gasteiger charge is -2.17. The van der Waals surface area contributed by atoms with Crippen molar-refractivity contribution in [3.8, 4) is 5.75 Å². The number of amides is 1. The molecule has 0 bridgehead atoms. The number of methoxy groups -OCH3 is 1. The fourth-order valence-electron chi connectivity index (χ4n) is 3.33. The van der Waals surface area contributed by atoms with Gasteiger partial charge in [-0.05, 0) is 80.4 Å². The van der Waals surface area contributed by atoms with Crippen LogP contribution in [0.2, 0.25) is 0 Å². The molecule has 3 rings (SSSR count). The van der Waals surface area contributed by atoms with Crippen molar-refractivity contribution in [3.05, 3.63) is 89.0 Å². The van der Waals surface area contributed by atoms with E-state index in [1.165, 1.54) is 24.8 Å². The fraction of sp³-hybridized carbons (Fsp3) is 0.208. The summed E-state index contributed by atoms with van der Waals surface area (Å²) >= 11 is 0. The van der Waals surface area contributed by atoms with Gasteiger partial charge in [-0.2, -0.15) is 0 Å². The highest BCUT2D eigenvalue weighted by Gasteiger charge is 2.16. The number of benzene rings is 3. The zero-order valence-electron chi connectivity index (χ0n) is 18.0. The van der Waals surface area contributed by atoms with Crippen molar-refractivity contribution in [1.82, 2.24) is 5.32 Å². The van der Waals surface area contributed by atoms with Gasteiger partial charge in [-0.1, -0.05) is 23.8 Å². The molecule has 0 spiro atoms. The molecule has 162 valence electrons. The molecule has 3 aromatic carbocycles. The van der Waals surface area contributed by atoms with Gasteiger partial charge in [-0.15, -0.1) is 0 Å². The number of nitrogens with one attached hydrogen (secondary N) is 2. The minimum Gasteiger partial charge on any atom is -0.497 e. The number of carbonyl (C=O) groups is 1. The fourth-order valence-corrected chi connectivity index (χ4v) is 4.39. The van der Waals surface area contributed by atoms with E-state index in [-0.39, 0.29) is 16.8 Å². The summed E-state index contributed by atoms with van der Waals surface area (Å²) in [6, 6.07) is 18.4. The first-order valence-electron chi connectivity index (χ1n) is 9.84. The summed E-state index contributed by atoms with van der Waals surface area (Å²) in [5.74, 6) is 0.349. The first-order valence-corrected chi connectivity index (χ1v) is 11.3. The van der Waals surface area contributed by atoms with E-state index in [0.29, 0.717) is 17.0 Å². The van der Waals surface area contributed by atoms with Crippen LogP contribution >= 0.6 is 0 Å². The van der Waals surface area contributed by atoms with Crippen LogP contribution < -0.4 is 14.8 Å². The van der Waals surface area contributed by atoms with E-state index in [2.05, 4.69) is 16.1 Å². The first kappa shape index (κ1) is 22.4. The lowest BCUT2D eigenvalue weighted by atomic mass is 10.00. The largest absolute Gasteiger partial charge is 0.497 e. The van der Waals surface area contributed by atoms with Gasteiger partial charge in [0, 0.05) is 11.3 Å². The van der Waals surface area contributed by atoms with E-state index in [0.717, 1.165) is 11.1 Å². The van der Waals surface area contributed by atoms with Crippen LogP contribution in [0.3, 0.4) is 0 Å². The van der Waals surface area contributed by atoms with Crippen molar-refractivity contribution in [3.63, 3.8) is 0 Å². The van der Waals surface area contributed by atoms with E-state index in [1.807, 2.05) is 32.9 Å². The van der Waals surface area contributed by atoms with Crippen molar-refractivity contribution < 1.29 is 17.9 Å². The molecule has 6 nitrogen and oxygen atoms in total. The molecule has 1 atom stereocenters. The molecule has 0 radical (unpaired) electrons. The molecule has 0 fully saturated rings. The normalized spacial score (nSPS) is 12.1. The maximum atomic E-state index is 12.6. The Morgan fingerprint density at radius 2 is 1.58 bits per heavy atom. The zero-order valence-corrected chi connectivity index (χ0v) is 18.8. The third kappa shape index (κ3) is 5.44. The molecular weight excluding hydrogens is 412 g/mol. The van der Waals surface area contributed by atoms with Gasteiger partial charge in [0.2, 0.25) is 0 Å². The van der Waals surface area contributed by atoms with Crippen LogP contribution in [0, 0.1) is 13.8 Å². The summed E-state index contributed by atoms with van der Waals surface area (Å²) in [5, 5.41) is 2.99. The second kappa shape index (κ2) is 9.22. The summed E-state index contributed by atoms with van der Waals surface area (Å²) in [5.41, 5.74) is 4.17. The van der Waals surface area contributed by atoms with E-state index >= 15 is 0 Å². The van der Waals surface area contributed by atoms with Gasteiger partial charge in [0.25, 0.3) is 15.9 Å². The predicted molar refractivity (Wildman–Crippen MR) is 122 cm³/mol. The predicted octanol–water partition coefficient (Wildman–Crippen LogP) is 4.60. The van der Waals surface area contributed by atoms with Crippen LogP contribution in [0.1, 0.15) is 40.0 Å². The molecule has 7 heteroatoms. The number of anilines is 1. The SMILES string of the molecule is COc1ccc(S(=O)(=O)Nc2ccc(C(=O)NC(C)c3ccc(C)cc3C)cc2)cc1. The minimum absolute atomic E-state index is 0.123. The van der Waals surface area contributed by atoms with Gasteiger partial charge in [0.05, 0.1) is 18.0 Å². The zero-order chi connectivity index (χ0) is 22.6. The third-order valence-corrected chi connectivity index (χ3v) is 6.41. The van der Waals surface area contributed by atoms with E-state index < -0.39 is 10.0 Å². The smallest absolute Gasteiger partial charge is 0.261 e. The Hall–Kier alpha value is -3.32. The lowest BCUT2D eigenvalue weighted by Crippen LogP contribution is -2.27. The maximum absolute atomic E-state index is 12.6. The number of ether oxygens (including phenoxy) is 1. The molecule has 2 N–H and O–H groups in total. The molecule has 0 saturated carbocycles. The van der Waals surface area contributed by atoms with Crippen molar-refractivity contribution in [2.75, 3.05) is 11.8 Å². The highest BCUT2D eigenvalue weighted by molar-refractivity contribution is 7.92. The average Bonchev–Trinajstić information content (AvgIpc) is 2.73. The Kier molecular flexibility index (Phi) is 6.65. The molecule has 3 aromatic rings. The van der Waals surface area contributed by atoms with Crippen LogP contribution in [0.15, 0.2) is 71.6 Å². The molecule has 0 aliphatic heterocycles. The van der Waals surface area contributed by atoms with E-state index in [1.54, 1.807) is 36.4 Å². The number of rotatable bonds is 7. The molecule has 0 aromatic heterocycles. The monoisotopic (exact) mass is 438 g/mol. The van der Waals surface area contributed by atoms with Gasteiger partial charge >= 0.3 is 0 Å². The van der Waals surface area contributed by atoms with E-state index in [9.17, 15) is 13.2 Å². The average molecular weight is 439 g/mol. The molecule has 0 saturated heterocycles. The quantitative estimate of drug-likeness (QED) is 0.564. The second-order valence-electron chi connectivity index (χ2n) is 7.41. The van der Waals surface area contributed by atoms with Crippen molar-refractivity contribution in [1.29, 1.82) is 0 Å². The first-order chi connectivity index (χ1) is 14.7. The maximum Gasteiger partial charge on any atom is 0.261 e. The van der Waals surface area contributed by atoms with Gasteiger partial charge in [0.1, 0.15) is 5.75 Å². The van der Waals surface area contributed by atoms with Crippen molar-refractivity contribution >= 4 is 21.6 Å². The molecular formula is C24H26N2O4S. The van der Waals surface area contributed by atoms with Crippen LogP contribution in [-0.4, -0.2) is 21.4 Å². The highest BCUT2D eigenvalue weighted by Crippen LogP contribution is 2.21. The van der Waals surface area contributed by atoms with E-state index in [4.69, 9.17) is 4.74 Å². The Balaban J connectivity index is 1.68.